The molecule has 0 aromatic heterocycles. The second-order valence-electron chi connectivity index (χ2n) is 6.36. The van der Waals surface area contributed by atoms with Gasteiger partial charge in [-0.1, -0.05) is 33.1 Å². The van der Waals surface area contributed by atoms with Gasteiger partial charge in [0.05, 0.1) is 0 Å². The van der Waals surface area contributed by atoms with Crippen LogP contribution in [-0.2, 0) is 0 Å². The highest BCUT2D eigenvalue weighted by molar-refractivity contribution is 5.79. The predicted octanol–water partition coefficient (Wildman–Crippen LogP) is 2.39. The maximum atomic E-state index is 9.04. The number of aliphatic imine (C=N–C) groups is 1. The van der Waals surface area contributed by atoms with Crippen molar-refractivity contribution >= 4 is 5.96 Å². The van der Waals surface area contributed by atoms with Crippen molar-refractivity contribution in [1.82, 2.24) is 10.6 Å². The van der Waals surface area contributed by atoms with Crippen molar-refractivity contribution in [2.24, 2.45) is 22.7 Å². The summed E-state index contributed by atoms with van der Waals surface area (Å²) in [6, 6.07) is 0. The van der Waals surface area contributed by atoms with E-state index in [9.17, 15) is 0 Å². The van der Waals surface area contributed by atoms with Gasteiger partial charge in [0.1, 0.15) is 0 Å². The predicted molar refractivity (Wildman–Crippen MR) is 86.0 cm³/mol. The zero-order chi connectivity index (χ0) is 14.8. The van der Waals surface area contributed by atoms with Gasteiger partial charge >= 0.3 is 0 Å². The molecule has 1 aliphatic carbocycles. The molecule has 0 spiro atoms. The summed E-state index contributed by atoms with van der Waals surface area (Å²) in [7, 11) is 0. The molecule has 1 saturated carbocycles. The molecule has 0 bridgehead atoms. The zero-order valence-electron chi connectivity index (χ0n) is 13.5. The number of nitrogens with zero attached hydrogens (tertiary/aromatic N) is 1. The highest BCUT2D eigenvalue weighted by atomic mass is 16.3. The van der Waals surface area contributed by atoms with Gasteiger partial charge in [0.2, 0.25) is 0 Å². The van der Waals surface area contributed by atoms with Crippen LogP contribution in [0.25, 0.3) is 0 Å². The Balaban J connectivity index is 2.27. The first kappa shape index (κ1) is 17.3. The van der Waals surface area contributed by atoms with Crippen LogP contribution >= 0.6 is 0 Å². The number of guanidine groups is 1. The average Bonchev–Trinajstić information content (AvgIpc) is 2.44. The minimum absolute atomic E-state index is 0.197. The van der Waals surface area contributed by atoms with Crippen LogP contribution in [0.4, 0.5) is 0 Å². The summed E-state index contributed by atoms with van der Waals surface area (Å²) < 4.78 is 0. The van der Waals surface area contributed by atoms with E-state index in [1.807, 2.05) is 6.92 Å². The van der Waals surface area contributed by atoms with E-state index in [-0.39, 0.29) is 12.5 Å². The Kier molecular flexibility index (Phi) is 8.67. The maximum absolute atomic E-state index is 9.04. The van der Waals surface area contributed by atoms with E-state index < -0.39 is 0 Å². The number of rotatable bonds is 7. The SMILES string of the molecule is CCNC(=NCC(C)CO)NCCC1CCCC(C)C1. The van der Waals surface area contributed by atoms with Crippen molar-refractivity contribution < 1.29 is 5.11 Å². The van der Waals surface area contributed by atoms with E-state index in [1.165, 1.54) is 32.1 Å². The molecular weight excluding hydrogens is 250 g/mol. The van der Waals surface area contributed by atoms with Crippen molar-refractivity contribution in [2.45, 2.75) is 52.9 Å². The van der Waals surface area contributed by atoms with Crippen molar-refractivity contribution in [3.63, 3.8) is 0 Å². The number of aliphatic hydroxyl groups excluding tert-OH is 1. The fourth-order valence-electron chi connectivity index (χ4n) is 2.86. The summed E-state index contributed by atoms with van der Waals surface area (Å²) in [5.41, 5.74) is 0. The van der Waals surface area contributed by atoms with Crippen LogP contribution in [0.15, 0.2) is 4.99 Å². The van der Waals surface area contributed by atoms with Gasteiger partial charge in [-0.15, -0.1) is 0 Å². The monoisotopic (exact) mass is 283 g/mol. The lowest BCUT2D eigenvalue weighted by Crippen LogP contribution is -2.38. The quantitative estimate of drug-likeness (QED) is 0.497. The second-order valence-corrected chi connectivity index (χ2v) is 6.36. The second kappa shape index (κ2) is 10.0. The third kappa shape index (κ3) is 7.13. The Hall–Kier alpha value is -0.770. The van der Waals surface area contributed by atoms with Gasteiger partial charge in [0.15, 0.2) is 5.96 Å². The summed E-state index contributed by atoms with van der Waals surface area (Å²) in [5, 5.41) is 15.7. The highest BCUT2D eigenvalue weighted by Gasteiger charge is 2.18. The zero-order valence-corrected chi connectivity index (χ0v) is 13.5. The summed E-state index contributed by atoms with van der Waals surface area (Å²) >= 11 is 0. The minimum Gasteiger partial charge on any atom is -0.396 e. The molecule has 3 atom stereocenters. The molecule has 0 aromatic carbocycles. The molecule has 0 saturated heterocycles. The van der Waals surface area contributed by atoms with Crippen molar-refractivity contribution in [3.05, 3.63) is 0 Å². The average molecular weight is 283 g/mol. The molecule has 1 fully saturated rings. The van der Waals surface area contributed by atoms with Gasteiger partial charge in [-0.3, -0.25) is 4.99 Å². The largest absolute Gasteiger partial charge is 0.396 e. The minimum atomic E-state index is 0.197. The molecule has 1 rings (SSSR count). The Morgan fingerprint density at radius 1 is 1.35 bits per heavy atom. The van der Waals surface area contributed by atoms with Crippen molar-refractivity contribution in [3.8, 4) is 0 Å². The third-order valence-corrected chi connectivity index (χ3v) is 4.11. The molecule has 0 amide bonds. The molecule has 0 radical (unpaired) electrons. The number of aliphatic hydroxyl groups is 1. The third-order valence-electron chi connectivity index (χ3n) is 4.11. The smallest absolute Gasteiger partial charge is 0.191 e. The standard InChI is InChI=1S/C16H33N3O/c1-4-17-16(19-11-14(3)12-20)18-9-8-15-7-5-6-13(2)10-15/h13-15,20H,4-12H2,1-3H3,(H2,17,18,19). The summed E-state index contributed by atoms with van der Waals surface area (Å²) in [6.45, 7) is 9.21. The van der Waals surface area contributed by atoms with Gasteiger partial charge in [-0.2, -0.15) is 0 Å². The van der Waals surface area contributed by atoms with Crippen molar-refractivity contribution in [2.75, 3.05) is 26.2 Å². The fraction of sp³-hybridized carbons (Fsp3) is 0.938. The summed E-state index contributed by atoms with van der Waals surface area (Å²) in [5.74, 6) is 2.90. The van der Waals surface area contributed by atoms with Gasteiger partial charge in [0, 0.05) is 26.2 Å². The van der Waals surface area contributed by atoms with Crippen LogP contribution in [0, 0.1) is 17.8 Å². The maximum Gasteiger partial charge on any atom is 0.191 e. The molecular formula is C16H33N3O. The summed E-state index contributed by atoms with van der Waals surface area (Å²) in [6.07, 6.45) is 6.82. The lowest BCUT2D eigenvalue weighted by molar-refractivity contribution is 0.241. The molecule has 118 valence electrons. The molecule has 0 heterocycles. The highest BCUT2D eigenvalue weighted by Crippen LogP contribution is 2.30. The van der Waals surface area contributed by atoms with E-state index in [0.29, 0.717) is 6.54 Å². The van der Waals surface area contributed by atoms with E-state index in [1.54, 1.807) is 0 Å². The molecule has 3 unspecified atom stereocenters. The first-order valence-corrected chi connectivity index (χ1v) is 8.28. The van der Waals surface area contributed by atoms with Crippen LogP contribution in [0.2, 0.25) is 0 Å². The Morgan fingerprint density at radius 3 is 2.80 bits per heavy atom. The number of hydrogen-bond acceptors (Lipinski definition) is 2. The Bertz CT molecular complexity index is 281. The lowest BCUT2D eigenvalue weighted by Gasteiger charge is -2.26. The van der Waals surface area contributed by atoms with Crippen LogP contribution in [0.5, 0.6) is 0 Å². The molecule has 4 heteroatoms. The molecule has 0 aromatic rings. The molecule has 3 N–H and O–H groups in total. The normalized spacial score (nSPS) is 25.3. The van der Waals surface area contributed by atoms with Gasteiger partial charge < -0.3 is 15.7 Å². The van der Waals surface area contributed by atoms with Gasteiger partial charge in [-0.25, -0.2) is 0 Å². The van der Waals surface area contributed by atoms with Gasteiger partial charge in [-0.05, 0) is 37.5 Å². The van der Waals surface area contributed by atoms with E-state index >= 15 is 0 Å². The molecule has 0 aliphatic heterocycles. The fourth-order valence-corrected chi connectivity index (χ4v) is 2.86. The number of nitrogens with one attached hydrogen (secondary N) is 2. The first-order chi connectivity index (χ1) is 9.65. The van der Waals surface area contributed by atoms with E-state index in [4.69, 9.17) is 5.11 Å². The molecule has 4 nitrogen and oxygen atoms in total. The van der Waals surface area contributed by atoms with Crippen molar-refractivity contribution in [1.29, 1.82) is 0 Å². The van der Waals surface area contributed by atoms with Gasteiger partial charge in [0.25, 0.3) is 0 Å². The van der Waals surface area contributed by atoms with Crippen LogP contribution in [-0.4, -0.2) is 37.3 Å². The van der Waals surface area contributed by atoms with E-state index in [2.05, 4.69) is 29.5 Å². The topological polar surface area (TPSA) is 56.7 Å². The van der Waals surface area contributed by atoms with E-state index in [0.717, 1.165) is 30.9 Å². The Morgan fingerprint density at radius 2 is 2.15 bits per heavy atom. The molecule has 20 heavy (non-hydrogen) atoms. The molecule has 1 aliphatic rings. The Labute approximate surface area is 124 Å². The lowest BCUT2D eigenvalue weighted by atomic mass is 9.81. The van der Waals surface area contributed by atoms with Crippen LogP contribution in [0.1, 0.15) is 52.9 Å². The summed E-state index contributed by atoms with van der Waals surface area (Å²) in [4.78, 5) is 4.52. The first-order valence-electron chi connectivity index (χ1n) is 8.28. The number of hydrogen-bond donors (Lipinski definition) is 3. The van der Waals surface area contributed by atoms with Crippen LogP contribution < -0.4 is 10.6 Å². The van der Waals surface area contributed by atoms with Crippen LogP contribution in [0.3, 0.4) is 0 Å².